The van der Waals surface area contributed by atoms with E-state index in [0.717, 1.165) is 17.0 Å². The second-order valence-corrected chi connectivity index (χ2v) is 6.16. The lowest BCUT2D eigenvalue weighted by Gasteiger charge is -2.09. The minimum absolute atomic E-state index is 0.0206. The molecule has 1 heterocycles. The lowest BCUT2D eigenvalue weighted by atomic mass is 10.2. The van der Waals surface area contributed by atoms with Crippen LogP contribution in [-0.4, -0.2) is 30.5 Å². The number of hydrogen-bond acceptors (Lipinski definition) is 6. The molecule has 150 valence electrons. The Hall–Kier alpha value is -3.81. The van der Waals surface area contributed by atoms with Crippen LogP contribution in [0.4, 0.5) is 5.69 Å². The number of nitrogens with one attached hydrogen (secondary N) is 3. The zero-order valence-electron chi connectivity index (χ0n) is 16.0. The number of carbonyl (C=O) groups is 2. The van der Waals surface area contributed by atoms with Gasteiger partial charge in [-0.2, -0.15) is 0 Å². The maximum atomic E-state index is 11.9. The first kappa shape index (κ1) is 19.9. The number of aryl methyl sites for hydroxylation is 1. The van der Waals surface area contributed by atoms with Crippen LogP contribution in [0.3, 0.4) is 0 Å². The fourth-order valence-electron chi connectivity index (χ4n) is 2.52. The molecule has 8 nitrogen and oxygen atoms in total. The second-order valence-electron chi connectivity index (χ2n) is 6.16. The van der Waals surface area contributed by atoms with Gasteiger partial charge in [0.1, 0.15) is 5.75 Å². The molecule has 3 N–H and O–H groups in total. The van der Waals surface area contributed by atoms with Gasteiger partial charge in [-0.15, -0.1) is 0 Å². The van der Waals surface area contributed by atoms with Gasteiger partial charge in [0, 0.05) is 24.1 Å². The Morgan fingerprint density at radius 1 is 1.00 bits per heavy atom. The molecule has 0 saturated carbocycles. The molecule has 0 unspecified atom stereocenters. The SMILES string of the molecule is COc1ccc(NCC(=O)NNC(=O)CCc2ncc(-c3ccccc3)o2)cc1. The predicted molar refractivity (Wildman–Crippen MR) is 108 cm³/mol. The van der Waals surface area contributed by atoms with E-state index in [0.29, 0.717) is 18.1 Å². The average Bonchev–Trinajstić information content (AvgIpc) is 3.25. The monoisotopic (exact) mass is 394 g/mol. The Morgan fingerprint density at radius 2 is 1.72 bits per heavy atom. The molecule has 3 rings (SSSR count). The van der Waals surface area contributed by atoms with Crippen LogP contribution >= 0.6 is 0 Å². The van der Waals surface area contributed by atoms with Gasteiger partial charge in [-0.1, -0.05) is 30.3 Å². The van der Waals surface area contributed by atoms with Crippen molar-refractivity contribution in [2.75, 3.05) is 19.0 Å². The highest BCUT2D eigenvalue weighted by atomic mass is 16.5. The van der Waals surface area contributed by atoms with Crippen LogP contribution in [0, 0.1) is 0 Å². The van der Waals surface area contributed by atoms with Gasteiger partial charge in [-0.05, 0) is 24.3 Å². The van der Waals surface area contributed by atoms with Crippen molar-refractivity contribution in [1.29, 1.82) is 0 Å². The molecule has 2 amide bonds. The molecule has 29 heavy (non-hydrogen) atoms. The fourth-order valence-corrected chi connectivity index (χ4v) is 2.52. The van der Waals surface area contributed by atoms with Crippen LogP contribution in [0.2, 0.25) is 0 Å². The van der Waals surface area contributed by atoms with Crippen LogP contribution < -0.4 is 20.9 Å². The third kappa shape index (κ3) is 6.10. The molecule has 0 atom stereocenters. The van der Waals surface area contributed by atoms with Crippen molar-refractivity contribution in [3.05, 3.63) is 66.7 Å². The Bertz CT molecular complexity index is 939. The van der Waals surface area contributed by atoms with E-state index in [4.69, 9.17) is 9.15 Å². The predicted octanol–water partition coefficient (Wildman–Crippen LogP) is 2.54. The summed E-state index contributed by atoms with van der Waals surface area (Å²) >= 11 is 0. The van der Waals surface area contributed by atoms with Crippen molar-refractivity contribution < 1.29 is 18.7 Å². The van der Waals surface area contributed by atoms with Crippen LogP contribution in [0.5, 0.6) is 5.75 Å². The number of carbonyl (C=O) groups excluding carboxylic acids is 2. The second kappa shape index (κ2) is 9.93. The first-order chi connectivity index (χ1) is 14.1. The Kier molecular flexibility index (Phi) is 6.83. The van der Waals surface area contributed by atoms with Crippen molar-refractivity contribution >= 4 is 17.5 Å². The van der Waals surface area contributed by atoms with E-state index in [9.17, 15) is 9.59 Å². The number of aromatic nitrogens is 1. The number of ether oxygens (including phenoxy) is 1. The van der Waals surface area contributed by atoms with Gasteiger partial charge < -0.3 is 14.5 Å². The summed E-state index contributed by atoms with van der Waals surface area (Å²) in [6, 6.07) is 16.8. The van der Waals surface area contributed by atoms with E-state index < -0.39 is 0 Å². The highest BCUT2D eigenvalue weighted by Crippen LogP contribution is 2.20. The van der Waals surface area contributed by atoms with Gasteiger partial charge in [0.25, 0.3) is 5.91 Å². The third-order valence-electron chi connectivity index (χ3n) is 4.06. The number of rotatable bonds is 8. The van der Waals surface area contributed by atoms with Crippen LogP contribution in [-0.2, 0) is 16.0 Å². The fraction of sp³-hybridized carbons (Fsp3) is 0.190. The Labute approximate surface area is 168 Å². The summed E-state index contributed by atoms with van der Waals surface area (Å²) in [6.45, 7) is 0.0206. The number of amides is 2. The third-order valence-corrected chi connectivity index (χ3v) is 4.06. The Balaban J connectivity index is 1.36. The first-order valence-corrected chi connectivity index (χ1v) is 9.10. The van der Waals surface area contributed by atoms with E-state index in [1.54, 1.807) is 37.6 Å². The zero-order chi connectivity index (χ0) is 20.5. The molecule has 0 saturated heterocycles. The van der Waals surface area contributed by atoms with E-state index in [2.05, 4.69) is 21.2 Å². The molecule has 2 aromatic carbocycles. The van der Waals surface area contributed by atoms with Gasteiger partial charge in [-0.25, -0.2) is 4.98 Å². The first-order valence-electron chi connectivity index (χ1n) is 9.10. The quantitative estimate of drug-likeness (QED) is 0.507. The lowest BCUT2D eigenvalue weighted by molar-refractivity contribution is -0.128. The number of anilines is 1. The number of hydrogen-bond donors (Lipinski definition) is 3. The van der Waals surface area contributed by atoms with E-state index >= 15 is 0 Å². The summed E-state index contributed by atoms with van der Waals surface area (Å²) in [5.74, 6) is 1.15. The molecule has 1 aromatic heterocycles. The average molecular weight is 394 g/mol. The maximum absolute atomic E-state index is 11.9. The van der Waals surface area contributed by atoms with Gasteiger partial charge in [0.2, 0.25) is 5.91 Å². The minimum atomic E-state index is -0.364. The topological polar surface area (TPSA) is 105 Å². The summed E-state index contributed by atoms with van der Waals surface area (Å²) < 4.78 is 10.7. The van der Waals surface area contributed by atoms with Crippen molar-refractivity contribution in [3.63, 3.8) is 0 Å². The molecule has 0 spiro atoms. The van der Waals surface area contributed by atoms with Crippen LogP contribution in [0.15, 0.2) is 65.2 Å². The number of methoxy groups -OCH3 is 1. The van der Waals surface area contributed by atoms with Crippen LogP contribution in [0.1, 0.15) is 12.3 Å². The highest BCUT2D eigenvalue weighted by Gasteiger charge is 2.10. The van der Waals surface area contributed by atoms with Gasteiger partial charge >= 0.3 is 0 Å². The normalized spacial score (nSPS) is 10.2. The molecular weight excluding hydrogens is 372 g/mol. The van der Waals surface area contributed by atoms with Gasteiger partial charge in [-0.3, -0.25) is 20.4 Å². The summed E-state index contributed by atoms with van der Waals surface area (Å²) in [7, 11) is 1.59. The van der Waals surface area contributed by atoms with Crippen LogP contribution in [0.25, 0.3) is 11.3 Å². The van der Waals surface area contributed by atoms with E-state index in [1.807, 2.05) is 30.3 Å². The minimum Gasteiger partial charge on any atom is -0.497 e. The molecule has 0 aliphatic rings. The van der Waals surface area contributed by atoms with Gasteiger partial charge in [0.15, 0.2) is 11.7 Å². The molecule has 0 fully saturated rings. The lowest BCUT2D eigenvalue weighted by Crippen LogP contribution is -2.44. The zero-order valence-corrected chi connectivity index (χ0v) is 16.0. The van der Waals surface area contributed by atoms with Crippen molar-refractivity contribution in [1.82, 2.24) is 15.8 Å². The van der Waals surface area contributed by atoms with E-state index in [1.165, 1.54) is 0 Å². The molecule has 0 bridgehead atoms. The van der Waals surface area contributed by atoms with Gasteiger partial charge in [0.05, 0.1) is 19.9 Å². The van der Waals surface area contributed by atoms with Crippen molar-refractivity contribution in [2.45, 2.75) is 12.8 Å². The summed E-state index contributed by atoms with van der Waals surface area (Å²) in [5.41, 5.74) is 6.44. The molecule has 0 aliphatic heterocycles. The molecule has 8 heteroatoms. The largest absolute Gasteiger partial charge is 0.497 e. The number of nitrogens with zero attached hydrogens (tertiary/aromatic N) is 1. The number of benzene rings is 2. The number of hydrazine groups is 1. The Morgan fingerprint density at radius 3 is 2.45 bits per heavy atom. The molecule has 0 radical (unpaired) electrons. The number of oxazole rings is 1. The molecule has 3 aromatic rings. The maximum Gasteiger partial charge on any atom is 0.257 e. The van der Waals surface area contributed by atoms with Crippen molar-refractivity contribution in [2.24, 2.45) is 0 Å². The smallest absolute Gasteiger partial charge is 0.257 e. The summed E-state index contributed by atoms with van der Waals surface area (Å²) in [6.07, 6.45) is 2.11. The van der Waals surface area contributed by atoms with Crippen molar-refractivity contribution in [3.8, 4) is 17.1 Å². The standard InChI is InChI=1S/C21H22N4O4/c1-28-17-9-7-16(8-10-17)22-14-20(27)25-24-19(26)11-12-21-23-13-18(29-21)15-5-3-2-4-6-15/h2-10,13,22H,11-12,14H2,1H3,(H,24,26)(H,25,27). The van der Waals surface area contributed by atoms with E-state index in [-0.39, 0.29) is 24.8 Å². The molecule has 0 aliphatic carbocycles. The summed E-state index contributed by atoms with van der Waals surface area (Å²) in [4.78, 5) is 27.9. The summed E-state index contributed by atoms with van der Waals surface area (Å²) in [5, 5.41) is 2.95. The molecular formula is C21H22N4O4. The highest BCUT2D eigenvalue weighted by molar-refractivity contribution is 5.84.